The Morgan fingerprint density at radius 3 is 3.13 bits per heavy atom. The Morgan fingerprint density at radius 2 is 2.40 bits per heavy atom. The van der Waals surface area contributed by atoms with Crippen LogP contribution in [0.15, 0.2) is 35.2 Å². The molecule has 2 rings (SSSR count). The maximum absolute atomic E-state index is 8.84. The van der Waals surface area contributed by atoms with E-state index in [1.807, 2.05) is 29.0 Å². The molecule has 0 fully saturated rings. The van der Waals surface area contributed by atoms with E-state index >= 15 is 0 Å². The van der Waals surface area contributed by atoms with Gasteiger partial charge in [-0.25, -0.2) is 4.98 Å². The number of aromatic nitrogens is 1. The Labute approximate surface area is 92.0 Å². The van der Waals surface area contributed by atoms with E-state index in [9.17, 15) is 0 Å². The van der Waals surface area contributed by atoms with Crippen LogP contribution in [0.4, 0.5) is 5.69 Å². The number of nitriles is 1. The van der Waals surface area contributed by atoms with Crippen molar-refractivity contribution in [3.63, 3.8) is 0 Å². The maximum Gasteiger partial charge on any atom is 0.145 e. The van der Waals surface area contributed by atoms with Crippen LogP contribution in [-0.2, 0) is 6.54 Å². The summed E-state index contributed by atoms with van der Waals surface area (Å²) >= 11 is 1.64. The number of nitrogens with one attached hydrogen (secondary N) is 1. The van der Waals surface area contributed by atoms with E-state index in [1.165, 1.54) is 0 Å². The molecule has 1 N–H and O–H groups in total. The zero-order valence-corrected chi connectivity index (χ0v) is 8.79. The van der Waals surface area contributed by atoms with E-state index in [-0.39, 0.29) is 0 Å². The van der Waals surface area contributed by atoms with Gasteiger partial charge in [0.25, 0.3) is 0 Å². The van der Waals surface area contributed by atoms with Crippen molar-refractivity contribution >= 4 is 17.0 Å². The Bertz CT molecular complexity index is 471. The molecule has 2 aromatic rings. The molecule has 0 saturated carbocycles. The molecule has 0 atom stereocenters. The van der Waals surface area contributed by atoms with Crippen molar-refractivity contribution in [2.24, 2.45) is 0 Å². The van der Waals surface area contributed by atoms with Gasteiger partial charge < -0.3 is 5.32 Å². The van der Waals surface area contributed by atoms with Gasteiger partial charge in [0.15, 0.2) is 0 Å². The van der Waals surface area contributed by atoms with Crippen molar-refractivity contribution in [1.82, 2.24) is 4.98 Å². The topological polar surface area (TPSA) is 48.7 Å². The summed E-state index contributed by atoms with van der Waals surface area (Å²) in [6.07, 6.45) is 1.63. The molecule has 74 valence electrons. The first kappa shape index (κ1) is 9.69. The van der Waals surface area contributed by atoms with Crippen LogP contribution < -0.4 is 5.32 Å². The van der Waals surface area contributed by atoms with Gasteiger partial charge in [-0.3, -0.25) is 0 Å². The summed E-state index contributed by atoms with van der Waals surface area (Å²) in [5.41, 5.74) is 2.49. The van der Waals surface area contributed by atoms with Gasteiger partial charge in [0, 0.05) is 29.4 Å². The monoisotopic (exact) mass is 215 g/mol. The molecule has 0 bridgehead atoms. The van der Waals surface area contributed by atoms with Crippen LogP contribution in [0.2, 0.25) is 0 Å². The first-order chi connectivity index (χ1) is 7.40. The summed E-state index contributed by atoms with van der Waals surface area (Å²) in [6.45, 7) is 0.632. The molecule has 4 heteroatoms. The summed E-state index contributed by atoms with van der Waals surface area (Å²) in [7, 11) is 0. The van der Waals surface area contributed by atoms with Gasteiger partial charge in [0.05, 0.1) is 0 Å². The Balaban J connectivity index is 2.08. The molecular formula is C11H9N3S. The molecule has 0 spiro atoms. The molecule has 0 aliphatic rings. The smallest absolute Gasteiger partial charge is 0.145 e. The fourth-order valence-electron chi connectivity index (χ4n) is 1.24. The van der Waals surface area contributed by atoms with E-state index in [0.717, 1.165) is 11.3 Å². The van der Waals surface area contributed by atoms with Gasteiger partial charge in [-0.1, -0.05) is 6.07 Å². The summed E-state index contributed by atoms with van der Waals surface area (Å²) in [6, 6.07) is 7.83. The predicted octanol–water partition coefficient (Wildman–Crippen LogP) is 2.63. The predicted molar refractivity (Wildman–Crippen MR) is 60.6 cm³/mol. The third kappa shape index (κ3) is 2.33. The molecule has 0 unspecified atom stereocenters. The third-order valence-corrected chi connectivity index (χ3v) is 2.68. The minimum absolute atomic E-state index is 0.486. The standard InChI is InChI=1S/C11H9N3S/c12-6-11-9(2-1-4-13-11)7-14-10-3-5-15-8-10/h1-5,8,14H,7H2. The van der Waals surface area contributed by atoms with Crippen LogP contribution in [0.5, 0.6) is 0 Å². The normalized spacial score (nSPS) is 9.53. The molecule has 2 heterocycles. The number of rotatable bonds is 3. The largest absolute Gasteiger partial charge is 0.380 e. The highest BCUT2D eigenvalue weighted by atomic mass is 32.1. The van der Waals surface area contributed by atoms with Crippen LogP contribution in [0.1, 0.15) is 11.3 Å². The molecule has 15 heavy (non-hydrogen) atoms. The van der Waals surface area contributed by atoms with Gasteiger partial charge in [-0.15, -0.1) is 0 Å². The molecule has 0 aliphatic carbocycles. The molecule has 0 amide bonds. The molecule has 0 aliphatic heterocycles. The number of nitrogens with zero attached hydrogens (tertiary/aromatic N) is 2. The number of anilines is 1. The van der Waals surface area contributed by atoms with Crippen LogP contribution in [0.3, 0.4) is 0 Å². The summed E-state index contributed by atoms with van der Waals surface area (Å²) < 4.78 is 0. The van der Waals surface area contributed by atoms with E-state index in [1.54, 1.807) is 17.5 Å². The maximum atomic E-state index is 8.84. The second-order valence-corrected chi connectivity index (χ2v) is 3.77. The van der Waals surface area contributed by atoms with Gasteiger partial charge in [-0.2, -0.15) is 16.6 Å². The minimum Gasteiger partial charge on any atom is -0.380 e. The van der Waals surface area contributed by atoms with Gasteiger partial charge >= 0.3 is 0 Å². The lowest BCUT2D eigenvalue weighted by atomic mass is 10.2. The molecule has 0 saturated heterocycles. The fraction of sp³-hybridized carbons (Fsp3) is 0.0909. The third-order valence-electron chi connectivity index (χ3n) is 2.00. The van der Waals surface area contributed by atoms with Crippen molar-refractivity contribution in [1.29, 1.82) is 5.26 Å². The molecule has 0 aromatic carbocycles. The van der Waals surface area contributed by atoms with Crippen LogP contribution in [-0.4, -0.2) is 4.98 Å². The van der Waals surface area contributed by atoms with Crippen molar-refractivity contribution in [2.75, 3.05) is 5.32 Å². The Kier molecular flexibility index (Phi) is 2.96. The highest BCUT2D eigenvalue weighted by Crippen LogP contribution is 2.14. The number of thiophene rings is 1. The average molecular weight is 215 g/mol. The molecule has 0 radical (unpaired) electrons. The fourth-order valence-corrected chi connectivity index (χ4v) is 1.86. The number of pyridine rings is 1. The van der Waals surface area contributed by atoms with E-state index < -0.39 is 0 Å². The lowest BCUT2D eigenvalue weighted by Crippen LogP contribution is -2.01. The lowest BCUT2D eigenvalue weighted by molar-refractivity contribution is 1.09. The highest BCUT2D eigenvalue weighted by Gasteiger charge is 2.01. The Morgan fingerprint density at radius 1 is 1.47 bits per heavy atom. The van der Waals surface area contributed by atoms with Crippen molar-refractivity contribution in [3.05, 3.63) is 46.4 Å². The first-order valence-electron chi connectivity index (χ1n) is 4.50. The van der Waals surface area contributed by atoms with Crippen molar-refractivity contribution in [2.45, 2.75) is 6.54 Å². The van der Waals surface area contributed by atoms with Gasteiger partial charge in [0.1, 0.15) is 11.8 Å². The summed E-state index contributed by atoms with van der Waals surface area (Å²) in [5, 5.41) is 16.1. The number of hydrogen-bond acceptors (Lipinski definition) is 4. The average Bonchev–Trinajstić information content (AvgIpc) is 2.79. The van der Waals surface area contributed by atoms with Crippen LogP contribution in [0, 0.1) is 11.3 Å². The van der Waals surface area contributed by atoms with Gasteiger partial charge in [0.2, 0.25) is 0 Å². The van der Waals surface area contributed by atoms with Gasteiger partial charge in [-0.05, 0) is 17.5 Å². The van der Waals surface area contributed by atoms with Crippen molar-refractivity contribution < 1.29 is 0 Å². The molecule has 3 nitrogen and oxygen atoms in total. The minimum atomic E-state index is 0.486. The SMILES string of the molecule is N#Cc1ncccc1CNc1ccsc1. The van der Waals surface area contributed by atoms with Crippen molar-refractivity contribution in [3.8, 4) is 6.07 Å². The lowest BCUT2D eigenvalue weighted by Gasteiger charge is -2.04. The van der Waals surface area contributed by atoms with E-state index in [0.29, 0.717) is 12.2 Å². The second-order valence-electron chi connectivity index (χ2n) is 2.99. The zero-order chi connectivity index (χ0) is 10.5. The highest BCUT2D eigenvalue weighted by molar-refractivity contribution is 7.08. The number of hydrogen-bond donors (Lipinski definition) is 1. The quantitative estimate of drug-likeness (QED) is 0.856. The molecular weight excluding hydrogens is 206 g/mol. The zero-order valence-electron chi connectivity index (χ0n) is 7.97. The summed E-state index contributed by atoms with van der Waals surface area (Å²) in [5.74, 6) is 0. The van der Waals surface area contributed by atoms with E-state index in [2.05, 4.69) is 16.4 Å². The molecule has 2 aromatic heterocycles. The Hall–Kier alpha value is -1.86. The summed E-state index contributed by atoms with van der Waals surface area (Å²) in [4.78, 5) is 4.00. The second kappa shape index (κ2) is 4.58. The first-order valence-corrected chi connectivity index (χ1v) is 5.44. The van der Waals surface area contributed by atoms with E-state index in [4.69, 9.17) is 5.26 Å². The van der Waals surface area contributed by atoms with Crippen LogP contribution >= 0.6 is 11.3 Å². The van der Waals surface area contributed by atoms with Crippen LogP contribution in [0.25, 0.3) is 0 Å².